The number of fused-ring (bicyclic) bond motifs is 1. The summed E-state index contributed by atoms with van der Waals surface area (Å²) in [5.41, 5.74) is -1.02. The van der Waals surface area contributed by atoms with Crippen LogP contribution < -0.4 is 10.2 Å². The van der Waals surface area contributed by atoms with E-state index in [1.54, 1.807) is 18.2 Å². The molecule has 1 aliphatic heterocycles. The third-order valence-electron chi connectivity index (χ3n) is 5.10. The fourth-order valence-corrected chi connectivity index (χ4v) is 3.61. The number of carbonyl (C=O) groups is 1. The van der Waals surface area contributed by atoms with Crippen LogP contribution in [0.25, 0.3) is 11.0 Å². The van der Waals surface area contributed by atoms with Crippen molar-refractivity contribution in [2.75, 3.05) is 23.3 Å². The normalized spacial score (nSPS) is 17.1. The van der Waals surface area contributed by atoms with Gasteiger partial charge >= 0.3 is 6.18 Å². The summed E-state index contributed by atoms with van der Waals surface area (Å²) in [7, 11) is 0. The van der Waals surface area contributed by atoms with Gasteiger partial charge in [0.25, 0.3) is 0 Å². The van der Waals surface area contributed by atoms with Gasteiger partial charge in [-0.25, -0.2) is 18.7 Å². The predicted molar refractivity (Wildman–Crippen MR) is 104 cm³/mol. The number of piperidine rings is 1. The highest BCUT2D eigenvalue weighted by molar-refractivity contribution is 5.93. The molecule has 162 valence electrons. The molecular formula is C21H17F5N4O. The smallest absolute Gasteiger partial charge is 0.354 e. The summed E-state index contributed by atoms with van der Waals surface area (Å²) in [4.78, 5) is 21.9. The second-order valence-corrected chi connectivity index (χ2v) is 7.28. The number of halogens is 5. The lowest BCUT2D eigenvalue weighted by molar-refractivity contribution is -0.140. The zero-order valence-corrected chi connectivity index (χ0v) is 16.1. The number of nitrogens with zero attached hydrogens (tertiary/aromatic N) is 3. The fourth-order valence-electron chi connectivity index (χ4n) is 3.61. The molecule has 1 N–H and O–H groups in total. The molecule has 2 heterocycles. The van der Waals surface area contributed by atoms with Gasteiger partial charge in [0.15, 0.2) is 11.5 Å². The van der Waals surface area contributed by atoms with Gasteiger partial charge in [-0.15, -0.1) is 0 Å². The number of carbonyl (C=O) groups excluding carboxylic acids is 1. The molecule has 0 radical (unpaired) electrons. The Labute approximate surface area is 173 Å². The standard InChI is InChI=1S/C21H17F5N4O/c22-13-7-8-14(23)17(10-13)29-20(31)12-4-3-9-30(11-12)19-18(21(24,25)26)27-15-5-1-2-6-16(15)28-19/h1-2,5-8,10,12H,3-4,9,11H2,(H,29,31)/t12-/m0/s1. The first-order valence-electron chi connectivity index (χ1n) is 9.57. The average molecular weight is 436 g/mol. The van der Waals surface area contributed by atoms with Crippen LogP contribution in [0, 0.1) is 17.6 Å². The summed E-state index contributed by atoms with van der Waals surface area (Å²) in [6, 6.07) is 8.89. The molecule has 0 saturated carbocycles. The molecule has 1 aromatic heterocycles. The highest BCUT2D eigenvalue weighted by atomic mass is 19.4. The number of amides is 1. The van der Waals surface area contributed by atoms with E-state index in [2.05, 4.69) is 15.3 Å². The summed E-state index contributed by atoms with van der Waals surface area (Å²) < 4.78 is 68.2. The van der Waals surface area contributed by atoms with E-state index in [1.807, 2.05) is 0 Å². The SMILES string of the molecule is O=C(Nc1cc(F)ccc1F)[C@H]1CCCN(c2nc3ccccc3nc2C(F)(F)F)C1. The Morgan fingerprint density at radius 2 is 1.77 bits per heavy atom. The van der Waals surface area contributed by atoms with E-state index in [4.69, 9.17) is 0 Å². The highest BCUT2D eigenvalue weighted by Gasteiger charge is 2.40. The van der Waals surface area contributed by atoms with E-state index in [0.29, 0.717) is 18.4 Å². The zero-order valence-electron chi connectivity index (χ0n) is 16.1. The van der Waals surface area contributed by atoms with Gasteiger partial charge in [0.2, 0.25) is 5.91 Å². The summed E-state index contributed by atoms with van der Waals surface area (Å²) >= 11 is 0. The zero-order chi connectivity index (χ0) is 22.2. The third-order valence-corrected chi connectivity index (χ3v) is 5.10. The van der Waals surface area contributed by atoms with E-state index < -0.39 is 35.3 Å². The Morgan fingerprint density at radius 3 is 2.48 bits per heavy atom. The molecule has 0 aliphatic carbocycles. The third kappa shape index (κ3) is 4.42. The lowest BCUT2D eigenvalue weighted by Crippen LogP contribution is -2.42. The van der Waals surface area contributed by atoms with Crippen LogP contribution >= 0.6 is 0 Å². The number of rotatable bonds is 3. The van der Waals surface area contributed by atoms with Gasteiger partial charge < -0.3 is 10.2 Å². The van der Waals surface area contributed by atoms with Crippen LogP contribution in [-0.4, -0.2) is 29.0 Å². The number of benzene rings is 2. The first-order valence-corrected chi connectivity index (χ1v) is 9.57. The van der Waals surface area contributed by atoms with Crippen molar-refractivity contribution in [1.82, 2.24) is 9.97 Å². The van der Waals surface area contributed by atoms with E-state index in [9.17, 15) is 26.7 Å². The van der Waals surface area contributed by atoms with Crippen LogP contribution in [0.1, 0.15) is 18.5 Å². The van der Waals surface area contributed by atoms with Crippen molar-refractivity contribution >= 4 is 28.4 Å². The largest absolute Gasteiger partial charge is 0.437 e. The maximum Gasteiger partial charge on any atom is 0.437 e. The second-order valence-electron chi connectivity index (χ2n) is 7.28. The minimum absolute atomic E-state index is 0.0567. The van der Waals surface area contributed by atoms with Gasteiger partial charge in [-0.3, -0.25) is 4.79 Å². The van der Waals surface area contributed by atoms with Gasteiger partial charge in [0.05, 0.1) is 22.6 Å². The number of hydrogen-bond donors (Lipinski definition) is 1. The molecule has 1 amide bonds. The molecule has 1 atom stereocenters. The molecule has 31 heavy (non-hydrogen) atoms. The van der Waals surface area contributed by atoms with Crippen LogP contribution in [0.3, 0.4) is 0 Å². The minimum Gasteiger partial charge on any atom is -0.354 e. The number of para-hydroxylation sites is 2. The van der Waals surface area contributed by atoms with E-state index in [-0.39, 0.29) is 30.1 Å². The number of alkyl halides is 3. The Morgan fingerprint density at radius 1 is 1.06 bits per heavy atom. The molecule has 0 unspecified atom stereocenters. The van der Waals surface area contributed by atoms with Crippen molar-refractivity contribution in [3.8, 4) is 0 Å². The average Bonchev–Trinajstić information content (AvgIpc) is 2.75. The van der Waals surface area contributed by atoms with Crippen LogP contribution in [0.15, 0.2) is 42.5 Å². The molecule has 10 heteroatoms. The Balaban J connectivity index is 1.61. The van der Waals surface area contributed by atoms with Crippen molar-refractivity contribution in [1.29, 1.82) is 0 Å². The first kappa shape index (κ1) is 21.0. The van der Waals surface area contributed by atoms with Crippen LogP contribution in [0.5, 0.6) is 0 Å². The van der Waals surface area contributed by atoms with Crippen LogP contribution in [0.4, 0.5) is 33.5 Å². The number of anilines is 2. The van der Waals surface area contributed by atoms with Gasteiger partial charge in [-0.2, -0.15) is 13.2 Å². The number of nitrogens with one attached hydrogen (secondary N) is 1. The van der Waals surface area contributed by atoms with Gasteiger partial charge in [-0.05, 0) is 37.1 Å². The molecular weight excluding hydrogens is 419 g/mol. The Hall–Kier alpha value is -3.30. The Kier molecular flexibility index (Phi) is 5.47. The molecule has 1 aliphatic rings. The van der Waals surface area contributed by atoms with Crippen molar-refractivity contribution in [2.24, 2.45) is 5.92 Å². The Bertz CT molecular complexity index is 1130. The van der Waals surface area contributed by atoms with Gasteiger partial charge in [0.1, 0.15) is 11.6 Å². The van der Waals surface area contributed by atoms with Crippen LogP contribution in [-0.2, 0) is 11.0 Å². The van der Waals surface area contributed by atoms with Crippen molar-refractivity contribution in [2.45, 2.75) is 19.0 Å². The quantitative estimate of drug-likeness (QED) is 0.601. The fraction of sp³-hybridized carbons (Fsp3) is 0.286. The summed E-state index contributed by atoms with van der Waals surface area (Å²) in [6.45, 7) is 0.201. The van der Waals surface area contributed by atoms with Crippen molar-refractivity contribution in [3.05, 3.63) is 59.8 Å². The van der Waals surface area contributed by atoms with Crippen molar-refractivity contribution in [3.63, 3.8) is 0 Å². The second kappa shape index (κ2) is 8.09. The van der Waals surface area contributed by atoms with Gasteiger partial charge in [0, 0.05) is 19.2 Å². The van der Waals surface area contributed by atoms with E-state index in [0.717, 1.165) is 18.2 Å². The predicted octanol–water partition coefficient (Wildman–Crippen LogP) is 4.78. The maximum atomic E-state index is 13.8. The lowest BCUT2D eigenvalue weighted by Gasteiger charge is -2.34. The summed E-state index contributed by atoms with van der Waals surface area (Å²) in [5, 5.41) is 2.33. The molecule has 2 aromatic carbocycles. The lowest BCUT2D eigenvalue weighted by atomic mass is 9.96. The van der Waals surface area contributed by atoms with E-state index >= 15 is 0 Å². The monoisotopic (exact) mass is 436 g/mol. The molecule has 1 fully saturated rings. The minimum atomic E-state index is -4.73. The maximum absolute atomic E-state index is 13.8. The first-order chi connectivity index (χ1) is 14.7. The number of hydrogen-bond acceptors (Lipinski definition) is 4. The number of aromatic nitrogens is 2. The molecule has 1 saturated heterocycles. The van der Waals surface area contributed by atoms with E-state index in [1.165, 1.54) is 11.0 Å². The summed E-state index contributed by atoms with van der Waals surface area (Å²) in [5.74, 6) is -3.20. The topological polar surface area (TPSA) is 58.1 Å². The molecule has 4 rings (SSSR count). The molecule has 3 aromatic rings. The van der Waals surface area contributed by atoms with Gasteiger partial charge in [-0.1, -0.05) is 12.1 Å². The molecule has 5 nitrogen and oxygen atoms in total. The highest BCUT2D eigenvalue weighted by Crippen LogP contribution is 2.36. The van der Waals surface area contributed by atoms with Crippen molar-refractivity contribution < 1.29 is 26.7 Å². The molecule has 0 spiro atoms. The summed E-state index contributed by atoms with van der Waals surface area (Å²) in [6.07, 6.45) is -3.91. The van der Waals surface area contributed by atoms with Crippen LogP contribution in [0.2, 0.25) is 0 Å². The molecule has 0 bridgehead atoms.